The molecule has 3 aromatic rings. The van der Waals surface area contributed by atoms with Crippen LogP contribution in [0, 0.1) is 6.08 Å². The van der Waals surface area contributed by atoms with Gasteiger partial charge in [0.25, 0.3) is 5.88 Å². The summed E-state index contributed by atoms with van der Waals surface area (Å²) in [7, 11) is 0. The number of hydrogen-bond acceptors (Lipinski definition) is 5. The normalized spacial score (nSPS) is 11.7. The van der Waals surface area contributed by atoms with E-state index in [1.165, 1.54) is 12.4 Å². The zero-order valence-electron chi connectivity index (χ0n) is 12.7. The molecule has 0 atom stereocenters. The van der Waals surface area contributed by atoms with E-state index in [1.807, 2.05) is 6.08 Å². The fourth-order valence-electron chi connectivity index (χ4n) is 2.30. The standard InChI is InChI=1S/C18H9ClN4O2/c19-16-18(21-10-9-20-16)25-12-7-5-11(6-8-12)15(24)17-22-13-3-1-2-4-14(13)23-17/h1,3-10H/p+1. The smallest absolute Gasteiger partial charge is 0.257 e. The van der Waals surface area contributed by atoms with Crippen LogP contribution in [0.4, 0.5) is 0 Å². The molecule has 4 rings (SSSR count). The zero-order valence-corrected chi connectivity index (χ0v) is 13.5. The van der Waals surface area contributed by atoms with Crippen molar-refractivity contribution in [3.63, 3.8) is 0 Å². The second kappa shape index (κ2) is 6.28. The molecule has 2 heterocycles. The highest BCUT2D eigenvalue weighted by Gasteiger charge is 2.21. The van der Waals surface area contributed by atoms with Gasteiger partial charge in [0.2, 0.25) is 11.5 Å². The SMILES string of the molecule is O=C(c1ccc(Oc2nccnc2Cl)cc1)c1nc2c([nH]1)C=C[C+]=C2. The van der Waals surface area contributed by atoms with Gasteiger partial charge in [-0.3, -0.25) is 4.79 Å². The molecule has 0 spiro atoms. The molecule has 120 valence electrons. The Kier molecular flexibility index (Phi) is 3.82. The van der Waals surface area contributed by atoms with Gasteiger partial charge >= 0.3 is 0 Å². The summed E-state index contributed by atoms with van der Waals surface area (Å²) in [5.41, 5.74) is 1.98. The van der Waals surface area contributed by atoms with Crippen LogP contribution in [-0.4, -0.2) is 25.7 Å². The summed E-state index contributed by atoms with van der Waals surface area (Å²) < 4.78 is 5.55. The van der Waals surface area contributed by atoms with Crippen LogP contribution in [0.3, 0.4) is 0 Å². The van der Waals surface area contributed by atoms with Crippen molar-refractivity contribution in [1.82, 2.24) is 19.9 Å². The van der Waals surface area contributed by atoms with Crippen molar-refractivity contribution >= 4 is 29.5 Å². The van der Waals surface area contributed by atoms with E-state index in [1.54, 1.807) is 36.4 Å². The van der Waals surface area contributed by atoms with Gasteiger partial charge in [-0.25, -0.2) is 9.97 Å². The number of aromatic nitrogens is 4. The van der Waals surface area contributed by atoms with Crippen molar-refractivity contribution in [2.45, 2.75) is 0 Å². The molecule has 0 unspecified atom stereocenters. The molecule has 2 aromatic heterocycles. The molecule has 0 fully saturated rings. The Balaban J connectivity index is 1.55. The molecule has 1 aromatic carbocycles. The maximum atomic E-state index is 12.6. The van der Waals surface area contributed by atoms with Crippen molar-refractivity contribution in [1.29, 1.82) is 0 Å². The fraction of sp³-hybridized carbons (Fsp3) is 0. The topological polar surface area (TPSA) is 80.8 Å². The largest absolute Gasteiger partial charge is 0.436 e. The highest BCUT2D eigenvalue weighted by Crippen LogP contribution is 2.25. The van der Waals surface area contributed by atoms with Crippen molar-refractivity contribution in [2.24, 2.45) is 0 Å². The fourth-order valence-corrected chi connectivity index (χ4v) is 2.45. The monoisotopic (exact) mass is 349 g/mol. The average molecular weight is 350 g/mol. The van der Waals surface area contributed by atoms with Gasteiger partial charge < -0.3 is 9.72 Å². The lowest BCUT2D eigenvalue weighted by Gasteiger charge is -2.05. The maximum Gasteiger partial charge on any atom is 0.257 e. The van der Waals surface area contributed by atoms with E-state index in [-0.39, 0.29) is 22.6 Å². The van der Waals surface area contributed by atoms with Gasteiger partial charge in [-0.15, -0.1) is 0 Å². The number of carbonyl (C=O) groups excluding carboxylic acids is 1. The van der Waals surface area contributed by atoms with Crippen LogP contribution in [-0.2, 0) is 0 Å². The number of allylic oxidation sites excluding steroid dienone is 2. The Labute approximate surface area is 147 Å². The Hall–Kier alpha value is -3.34. The van der Waals surface area contributed by atoms with Gasteiger partial charge in [0, 0.05) is 24.0 Å². The minimum atomic E-state index is -0.208. The minimum absolute atomic E-state index is 0.168. The number of imidazole rings is 1. The van der Waals surface area contributed by atoms with Gasteiger partial charge in [-0.2, -0.15) is 4.98 Å². The third-order valence-corrected chi connectivity index (χ3v) is 3.76. The van der Waals surface area contributed by atoms with E-state index in [0.717, 1.165) is 5.69 Å². The number of aromatic amines is 1. The number of ketones is 1. The Bertz CT molecular complexity index is 977. The third-order valence-electron chi connectivity index (χ3n) is 3.50. The van der Waals surface area contributed by atoms with Crippen LogP contribution < -0.4 is 4.74 Å². The minimum Gasteiger partial charge on any atom is -0.436 e. The average Bonchev–Trinajstić information content (AvgIpc) is 3.08. The summed E-state index contributed by atoms with van der Waals surface area (Å²) in [4.78, 5) is 27.7. The number of hydrogen-bond donors (Lipinski definition) is 1. The van der Waals surface area contributed by atoms with E-state index < -0.39 is 0 Å². The van der Waals surface area contributed by atoms with Crippen LogP contribution in [0.5, 0.6) is 11.6 Å². The van der Waals surface area contributed by atoms with E-state index in [2.05, 4.69) is 26.0 Å². The summed E-state index contributed by atoms with van der Waals surface area (Å²) >= 11 is 5.91. The van der Waals surface area contributed by atoms with Crippen LogP contribution in [0.15, 0.2) is 42.7 Å². The van der Waals surface area contributed by atoms with Gasteiger partial charge in [0.1, 0.15) is 17.9 Å². The number of ether oxygens (including phenoxy) is 1. The number of benzene rings is 1. The second-order valence-electron chi connectivity index (χ2n) is 5.14. The molecule has 0 saturated heterocycles. The van der Waals surface area contributed by atoms with E-state index in [9.17, 15) is 4.79 Å². The molecule has 25 heavy (non-hydrogen) atoms. The predicted octanol–water partition coefficient (Wildman–Crippen LogP) is 3.72. The molecule has 6 nitrogen and oxygen atoms in total. The van der Waals surface area contributed by atoms with Crippen LogP contribution in [0.2, 0.25) is 5.15 Å². The highest BCUT2D eigenvalue weighted by molar-refractivity contribution is 6.30. The molecule has 0 bridgehead atoms. The molecule has 1 aliphatic rings. The number of nitrogens with one attached hydrogen (secondary N) is 1. The van der Waals surface area contributed by atoms with Crippen LogP contribution in [0.1, 0.15) is 27.6 Å². The molecule has 0 saturated carbocycles. The second-order valence-corrected chi connectivity index (χ2v) is 5.49. The van der Waals surface area contributed by atoms with E-state index in [4.69, 9.17) is 16.3 Å². The number of halogens is 1. The van der Waals surface area contributed by atoms with Gasteiger partial charge in [0.15, 0.2) is 16.7 Å². The molecule has 7 heteroatoms. The van der Waals surface area contributed by atoms with Gasteiger partial charge in [-0.1, -0.05) is 11.6 Å². The molecule has 1 aliphatic carbocycles. The lowest BCUT2D eigenvalue weighted by atomic mass is 10.1. The van der Waals surface area contributed by atoms with Gasteiger partial charge in [0.05, 0.1) is 6.08 Å². The summed E-state index contributed by atoms with van der Waals surface area (Å²) in [6.07, 6.45) is 11.2. The lowest BCUT2D eigenvalue weighted by molar-refractivity contribution is 0.103. The van der Waals surface area contributed by atoms with Crippen LogP contribution in [0.25, 0.3) is 12.2 Å². The first kappa shape index (κ1) is 15.2. The lowest BCUT2D eigenvalue weighted by Crippen LogP contribution is -2.03. The van der Waals surface area contributed by atoms with Crippen molar-refractivity contribution in [3.8, 4) is 11.6 Å². The highest BCUT2D eigenvalue weighted by atomic mass is 35.5. The zero-order chi connectivity index (χ0) is 17.2. The molecular formula is C18H10ClN4O2+. The molecule has 0 amide bonds. The van der Waals surface area contributed by atoms with Crippen molar-refractivity contribution < 1.29 is 9.53 Å². The molecule has 1 N–H and O–H groups in total. The summed E-state index contributed by atoms with van der Waals surface area (Å²) in [5.74, 6) is 0.774. The number of carbonyl (C=O) groups is 1. The van der Waals surface area contributed by atoms with E-state index >= 15 is 0 Å². The summed E-state index contributed by atoms with van der Waals surface area (Å²) in [6.45, 7) is 0. The van der Waals surface area contributed by atoms with Crippen molar-refractivity contribution in [3.05, 3.63) is 76.7 Å². The predicted molar refractivity (Wildman–Crippen MR) is 92.3 cm³/mol. The quantitative estimate of drug-likeness (QED) is 0.573. The maximum absolute atomic E-state index is 12.6. The Morgan fingerprint density at radius 3 is 2.72 bits per heavy atom. The molecule has 0 radical (unpaired) electrons. The third kappa shape index (κ3) is 3.04. The van der Waals surface area contributed by atoms with Crippen LogP contribution >= 0.6 is 11.6 Å². The Morgan fingerprint density at radius 1 is 1.16 bits per heavy atom. The first-order chi connectivity index (χ1) is 12.2. The summed E-state index contributed by atoms with van der Waals surface area (Å²) in [5, 5.41) is 0.168. The first-order valence-corrected chi connectivity index (χ1v) is 7.73. The van der Waals surface area contributed by atoms with E-state index in [0.29, 0.717) is 17.0 Å². The summed E-state index contributed by atoms with van der Waals surface area (Å²) in [6, 6.07) is 6.63. The number of nitrogens with zero attached hydrogens (tertiary/aromatic N) is 3. The number of rotatable bonds is 4. The number of H-pyrrole nitrogens is 1. The number of fused-ring (bicyclic) bond motifs is 1. The molecule has 0 aliphatic heterocycles. The van der Waals surface area contributed by atoms with Gasteiger partial charge in [-0.05, 0) is 24.3 Å². The van der Waals surface area contributed by atoms with Crippen molar-refractivity contribution in [2.75, 3.05) is 0 Å². The Morgan fingerprint density at radius 2 is 1.96 bits per heavy atom. The first-order valence-electron chi connectivity index (χ1n) is 7.35. The molecular weight excluding hydrogens is 340 g/mol.